The molecule has 3 aliphatic carbocycles. The zero-order valence-electron chi connectivity index (χ0n) is 34.9. The quantitative estimate of drug-likeness (QED) is 0.0900. The van der Waals surface area contributed by atoms with Crippen LogP contribution in [0.15, 0.2) is 94.9 Å². The van der Waals surface area contributed by atoms with Crippen LogP contribution in [0.5, 0.6) is 0 Å². The third kappa shape index (κ3) is 10.7. The van der Waals surface area contributed by atoms with E-state index in [0.717, 1.165) is 53.3 Å². The molecule has 2 heterocycles. The van der Waals surface area contributed by atoms with E-state index in [2.05, 4.69) is 24.8 Å². The van der Waals surface area contributed by atoms with Gasteiger partial charge in [-0.3, -0.25) is 9.69 Å². The SMILES string of the molecule is CC1=CCCC2(C)C(CCC2(O)CN(CC(O)COCc2ccccc2)CC2CCCO2)c2ccc(cc2C(=O)c2ccc(-c3cc(C(F)(F)F)ccc3Cl)o2)CC(O)CC1. The van der Waals surface area contributed by atoms with Gasteiger partial charge in [-0.15, -0.1) is 0 Å². The first kappa shape index (κ1) is 45.2. The summed E-state index contributed by atoms with van der Waals surface area (Å²) in [4.78, 5) is 16.8. The molecule has 328 valence electrons. The predicted octanol–water partition coefficient (Wildman–Crippen LogP) is 9.95. The fourth-order valence-corrected chi connectivity index (χ4v) is 9.92. The van der Waals surface area contributed by atoms with Crippen LogP contribution in [0.4, 0.5) is 13.2 Å². The Morgan fingerprint density at radius 1 is 1.03 bits per heavy atom. The zero-order valence-corrected chi connectivity index (χ0v) is 35.7. The Labute approximate surface area is 361 Å². The molecule has 1 saturated carbocycles. The molecule has 1 saturated heterocycles. The molecule has 1 aromatic heterocycles. The third-order valence-electron chi connectivity index (χ3n) is 13.2. The standard InChI is InChI=1S/C49H57ClF3NO7/c1-32-8-6-21-47(2)42(20-22-48(47,58)31-54(28-38-11-7-23-60-38)27-37(56)30-59-29-33-9-4-3-5-10-33)39-16-13-34(24-36(55)15-12-32)25-40(39)46(57)45-19-18-44(61-45)41-26-35(49(51,52)53)14-17-43(41)50/h3-5,8-10,13-14,16-19,25-26,36-38,42,55-56,58H,6-7,11-12,15,20-24,27-31H2,1-2H3. The summed E-state index contributed by atoms with van der Waals surface area (Å²) in [5.74, 6) is -0.790. The molecule has 3 N–H and O–H groups in total. The smallest absolute Gasteiger partial charge is 0.416 e. The number of hydrogen-bond acceptors (Lipinski definition) is 8. The molecule has 0 spiro atoms. The molecule has 0 radical (unpaired) electrons. The van der Waals surface area contributed by atoms with Gasteiger partial charge in [0.1, 0.15) is 5.76 Å². The van der Waals surface area contributed by atoms with Crippen molar-refractivity contribution >= 4 is 17.4 Å². The first-order valence-corrected chi connectivity index (χ1v) is 21.8. The van der Waals surface area contributed by atoms with Crippen molar-refractivity contribution in [3.63, 3.8) is 0 Å². The maximum absolute atomic E-state index is 14.7. The van der Waals surface area contributed by atoms with Gasteiger partial charge in [0.15, 0.2) is 5.76 Å². The third-order valence-corrected chi connectivity index (χ3v) is 13.5. The molecule has 4 aliphatic rings. The minimum atomic E-state index is -4.60. The predicted molar refractivity (Wildman–Crippen MR) is 229 cm³/mol. The molecule has 2 fully saturated rings. The normalized spacial score (nSPS) is 25.3. The maximum atomic E-state index is 14.7. The number of carbonyl (C=O) groups excluding carboxylic acids is 1. The number of alkyl halides is 3. The molecule has 0 amide bonds. The number of allylic oxidation sites excluding steroid dienone is 2. The number of ether oxygens (including phenoxy) is 2. The van der Waals surface area contributed by atoms with Crippen LogP contribution in [0, 0.1) is 5.41 Å². The zero-order chi connectivity index (χ0) is 43.4. The molecule has 2 bridgehead atoms. The molecule has 8 rings (SSSR count). The van der Waals surface area contributed by atoms with E-state index in [-0.39, 0.29) is 53.8 Å². The highest BCUT2D eigenvalue weighted by Gasteiger charge is 2.57. The lowest BCUT2D eigenvalue weighted by Gasteiger charge is -2.46. The van der Waals surface area contributed by atoms with E-state index in [4.69, 9.17) is 25.5 Å². The van der Waals surface area contributed by atoms with Crippen molar-refractivity contribution in [2.24, 2.45) is 5.41 Å². The number of hydrogen-bond donors (Lipinski definition) is 3. The number of aliphatic hydroxyl groups excluding tert-OH is 2. The Hall–Kier alpha value is -3.81. The van der Waals surface area contributed by atoms with Crippen molar-refractivity contribution < 1.29 is 47.2 Å². The number of benzene rings is 3. The van der Waals surface area contributed by atoms with E-state index in [1.165, 1.54) is 12.1 Å². The van der Waals surface area contributed by atoms with E-state index in [1.54, 1.807) is 6.07 Å². The number of aliphatic hydroxyl groups is 3. The minimum Gasteiger partial charge on any atom is -0.453 e. The summed E-state index contributed by atoms with van der Waals surface area (Å²) in [7, 11) is 0. The molecule has 6 unspecified atom stereocenters. The van der Waals surface area contributed by atoms with Crippen molar-refractivity contribution in [3.8, 4) is 11.3 Å². The van der Waals surface area contributed by atoms with Crippen LogP contribution < -0.4 is 0 Å². The van der Waals surface area contributed by atoms with E-state index >= 15 is 0 Å². The molecule has 3 aromatic carbocycles. The molecule has 6 atom stereocenters. The van der Waals surface area contributed by atoms with Gasteiger partial charge in [0, 0.05) is 42.8 Å². The van der Waals surface area contributed by atoms with Crippen LogP contribution in [-0.4, -0.2) is 82.8 Å². The average Bonchev–Trinajstić information content (AvgIpc) is 3.98. The van der Waals surface area contributed by atoms with Crippen molar-refractivity contribution in [1.29, 1.82) is 0 Å². The number of carbonyl (C=O) groups is 1. The van der Waals surface area contributed by atoms with Gasteiger partial charge < -0.3 is 29.2 Å². The number of fused-ring (bicyclic) bond motifs is 8. The van der Waals surface area contributed by atoms with Crippen molar-refractivity contribution in [2.45, 2.75) is 114 Å². The van der Waals surface area contributed by atoms with Gasteiger partial charge in [-0.25, -0.2) is 0 Å². The lowest BCUT2D eigenvalue weighted by molar-refractivity contribution is -0.137. The summed E-state index contributed by atoms with van der Waals surface area (Å²) in [6.07, 6.45) is 1.75. The van der Waals surface area contributed by atoms with E-state index in [0.29, 0.717) is 70.3 Å². The second-order valence-electron chi connectivity index (χ2n) is 17.6. The van der Waals surface area contributed by atoms with Crippen LogP contribution in [0.2, 0.25) is 5.02 Å². The lowest BCUT2D eigenvalue weighted by atomic mass is 9.64. The summed E-state index contributed by atoms with van der Waals surface area (Å²) in [6, 6.07) is 21.3. The van der Waals surface area contributed by atoms with Crippen LogP contribution in [0.3, 0.4) is 0 Å². The van der Waals surface area contributed by atoms with Gasteiger partial charge in [-0.1, -0.05) is 72.6 Å². The summed E-state index contributed by atoms with van der Waals surface area (Å²) >= 11 is 6.36. The second-order valence-corrected chi connectivity index (χ2v) is 18.0. The first-order valence-electron chi connectivity index (χ1n) is 21.5. The van der Waals surface area contributed by atoms with Crippen LogP contribution in [0.25, 0.3) is 11.3 Å². The lowest BCUT2D eigenvalue weighted by Crippen LogP contribution is -2.55. The molecule has 61 heavy (non-hydrogen) atoms. The first-order chi connectivity index (χ1) is 29.1. The van der Waals surface area contributed by atoms with Gasteiger partial charge in [-0.2, -0.15) is 13.2 Å². The van der Waals surface area contributed by atoms with Crippen molar-refractivity contribution in [2.75, 3.05) is 32.8 Å². The van der Waals surface area contributed by atoms with E-state index < -0.39 is 40.7 Å². The van der Waals surface area contributed by atoms with Crippen molar-refractivity contribution in [3.05, 3.63) is 129 Å². The summed E-state index contributed by atoms with van der Waals surface area (Å²) in [5, 5.41) is 35.5. The number of furan rings is 1. The molecule has 12 heteroatoms. The molecule has 8 nitrogen and oxygen atoms in total. The molecule has 4 aromatic rings. The Bertz CT molecular complexity index is 2150. The van der Waals surface area contributed by atoms with Gasteiger partial charge in [-0.05, 0) is 124 Å². The van der Waals surface area contributed by atoms with Crippen LogP contribution in [0.1, 0.15) is 110 Å². The van der Waals surface area contributed by atoms with Crippen molar-refractivity contribution in [1.82, 2.24) is 4.90 Å². The Balaban J connectivity index is 1.21. The molecular formula is C49H57ClF3NO7. The number of ketones is 1. The van der Waals surface area contributed by atoms with Gasteiger partial charge >= 0.3 is 6.18 Å². The average molecular weight is 864 g/mol. The van der Waals surface area contributed by atoms with Crippen LogP contribution >= 0.6 is 11.6 Å². The second kappa shape index (κ2) is 19.3. The minimum absolute atomic E-state index is 0.0132. The monoisotopic (exact) mass is 863 g/mol. The largest absolute Gasteiger partial charge is 0.453 e. The fraction of sp³-hybridized carbons (Fsp3) is 0.490. The van der Waals surface area contributed by atoms with E-state index in [1.807, 2.05) is 42.5 Å². The number of halogens is 4. The highest BCUT2D eigenvalue weighted by molar-refractivity contribution is 6.33. The Morgan fingerprint density at radius 3 is 2.59 bits per heavy atom. The number of nitrogens with zero attached hydrogens (tertiary/aromatic N) is 1. The van der Waals surface area contributed by atoms with Gasteiger partial charge in [0.25, 0.3) is 0 Å². The summed E-state index contributed by atoms with van der Waals surface area (Å²) in [5.41, 5.74) is 1.14. The topological polar surface area (TPSA) is 113 Å². The van der Waals surface area contributed by atoms with Gasteiger partial charge in [0.2, 0.25) is 5.78 Å². The highest BCUT2D eigenvalue weighted by atomic mass is 35.5. The highest BCUT2D eigenvalue weighted by Crippen LogP contribution is 2.59. The fourth-order valence-electron chi connectivity index (χ4n) is 9.71. The van der Waals surface area contributed by atoms with Gasteiger partial charge in [0.05, 0.1) is 47.7 Å². The van der Waals surface area contributed by atoms with E-state index in [9.17, 15) is 33.3 Å². The molecular weight excluding hydrogens is 807 g/mol. The summed E-state index contributed by atoms with van der Waals surface area (Å²) < 4.78 is 59.0. The Morgan fingerprint density at radius 2 is 1.84 bits per heavy atom. The Kier molecular flexibility index (Phi) is 14.3. The summed E-state index contributed by atoms with van der Waals surface area (Å²) in [6.45, 7) is 6.42. The number of rotatable bonds is 13. The maximum Gasteiger partial charge on any atom is 0.416 e. The van der Waals surface area contributed by atoms with Crippen LogP contribution in [-0.2, 0) is 28.7 Å². The molecule has 1 aliphatic heterocycles.